The van der Waals surface area contributed by atoms with E-state index >= 15 is 0 Å². The SMILES string of the molecule is O=C(c1c[nH]c2cc(Cl)c(F)cc12)N1CCC2(CC1)COc1ccccc12. The summed E-state index contributed by atoms with van der Waals surface area (Å²) in [5.74, 6) is 0.362. The van der Waals surface area contributed by atoms with Gasteiger partial charge in [-0.3, -0.25) is 4.79 Å². The van der Waals surface area contributed by atoms with Crippen LogP contribution in [-0.2, 0) is 5.41 Å². The number of H-pyrrole nitrogens is 1. The maximum Gasteiger partial charge on any atom is 0.256 e. The molecule has 0 aliphatic carbocycles. The maximum absolute atomic E-state index is 13.9. The molecule has 1 fully saturated rings. The van der Waals surface area contributed by atoms with Crippen molar-refractivity contribution >= 4 is 28.4 Å². The lowest BCUT2D eigenvalue weighted by atomic mass is 9.74. The van der Waals surface area contributed by atoms with Crippen LogP contribution in [0.2, 0.25) is 5.02 Å². The lowest BCUT2D eigenvalue weighted by Crippen LogP contribution is -2.46. The third kappa shape index (κ3) is 2.52. The van der Waals surface area contributed by atoms with Gasteiger partial charge in [0.1, 0.15) is 11.6 Å². The molecule has 3 aromatic rings. The smallest absolute Gasteiger partial charge is 0.256 e. The zero-order chi connectivity index (χ0) is 18.6. The second-order valence-electron chi connectivity index (χ2n) is 7.37. The number of amides is 1. The topological polar surface area (TPSA) is 45.3 Å². The molecule has 2 aliphatic rings. The van der Waals surface area contributed by atoms with Gasteiger partial charge in [0, 0.05) is 41.2 Å². The minimum atomic E-state index is -0.518. The van der Waals surface area contributed by atoms with Crippen LogP contribution in [0.5, 0.6) is 5.75 Å². The number of carbonyl (C=O) groups excluding carboxylic acids is 1. The molecule has 1 spiro atoms. The molecule has 138 valence electrons. The molecule has 1 N–H and O–H groups in total. The fourth-order valence-corrected chi connectivity index (χ4v) is 4.50. The van der Waals surface area contributed by atoms with Gasteiger partial charge < -0.3 is 14.6 Å². The Morgan fingerprint density at radius 3 is 2.81 bits per heavy atom. The highest BCUT2D eigenvalue weighted by atomic mass is 35.5. The normalized spacial score (nSPS) is 17.9. The Labute approximate surface area is 160 Å². The number of hydrogen-bond donors (Lipinski definition) is 1. The van der Waals surface area contributed by atoms with Crippen molar-refractivity contribution in [3.05, 3.63) is 64.6 Å². The molecule has 0 radical (unpaired) electrons. The van der Waals surface area contributed by atoms with Crippen molar-refractivity contribution in [2.24, 2.45) is 0 Å². The van der Waals surface area contributed by atoms with Crippen LogP contribution in [0.15, 0.2) is 42.6 Å². The number of aromatic amines is 1. The van der Waals surface area contributed by atoms with E-state index in [1.54, 1.807) is 6.20 Å². The van der Waals surface area contributed by atoms with Crippen LogP contribution in [0.3, 0.4) is 0 Å². The first-order chi connectivity index (χ1) is 13.1. The van der Waals surface area contributed by atoms with Gasteiger partial charge in [-0.15, -0.1) is 0 Å². The van der Waals surface area contributed by atoms with Crippen molar-refractivity contribution in [2.45, 2.75) is 18.3 Å². The number of rotatable bonds is 1. The van der Waals surface area contributed by atoms with E-state index < -0.39 is 5.82 Å². The van der Waals surface area contributed by atoms with Crippen LogP contribution < -0.4 is 4.74 Å². The van der Waals surface area contributed by atoms with Gasteiger partial charge in [0.05, 0.1) is 17.2 Å². The van der Waals surface area contributed by atoms with Crippen LogP contribution >= 0.6 is 11.6 Å². The molecule has 0 saturated carbocycles. The number of hydrogen-bond acceptors (Lipinski definition) is 2. The number of halogens is 2. The standard InChI is InChI=1S/C21H18ClFN2O2/c22-16-10-18-13(9-17(16)23)14(11-24-18)20(26)25-7-5-21(6-8-25)12-27-19-4-2-1-3-15(19)21/h1-4,9-11,24H,5-8,12H2. The summed E-state index contributed by atoms with van der Waals surface area (Å²) < 4.78 is 19.7. The summed E-state index contributed by atoms with van der Waals surface area (Å²) in [5, 5.41) is 0.611. The second-order valence-corrected chi connectivity index (χ2v) is 7.78. The quantitative estimate of drug-likeness (QED) is 0.670. The molecule has 6 heteroatoms. The highest BCUT2D eigenvalue weighted by Crippen LogP contribution is 2.45. The minimum Gasteiger partial charge on any atom is -0.492 e. The second kappa shape index (κ2) is 5.99. The molecule has 4 nitrogen and oxygen atoms in total. The Hall–Kier alpha value is -2.53. The van der Waals surface area contributed by atoms with E-state index in [2.05, 4.69) is 11.1 Å². The van der Waals surface area contributed by atoms with Gasteiger partial charge in [-0.25, -0.2) is 4.39 Å². The number of nitrogens with zero attached hydrogens (tertiary/aromatic N) is 1. The number of nitrogens with one attached hydrogen (secondary N) is 1. The average molecular weight is 385 g/mol. The van der Waals surface area contributed by atoms with Crippen LogP contribution in [0.1, 0.15) is 28.8 Å². The minimum absolute atomic E-state index is 0.00673. The van der Waals surface area contributed by atoms with Gasteiger partial charge in [-0.2, -0.15) is 0 Å². The van der Waals surface area contributed by atoms with Crippen molar-refractivity contribution in [1.29, 1.82) is 0 Å². The molecule has 0 bridgehead atoms. The number of piperidine rings is 1. The zero-order valence-electron chi connectivity index (χ0n) is 14.6. The lowest BCUT2D eigenvalue weighted by molar-refractivity contribution is 0.0648. The molecule has 5 rings (SSSR count). The molecule has 2 aliphatic heterocycles. The number of carbonyl (C=O) groups is 1. The Kier molecular flexibility index (Phi) is 3.69. The van der Waals surface area contributed by atoms with Gasteiger partial charge in [-0.05, 0) is 31.0 Å². The highest BCUT2D eigenvalue weighted by molar-refractivity contribution is 6.31. The molecule has 3 heterocycles. The summed E-state index contributed by atoms with van der Waals surface area (Å²) in [5.41, 5.74) is 2.39. The molecule has 0 atom stereocenters. The van der Waals surface area contributed by atoms with E-state index in [9.17, 15) is 9.18 Å². The Morgan fingerprint density at radius 1 is 1.22 bits per heavy atom. The van der Waals surface area contributed by atoms with E-state index in [0.29, 0.717) is 36.2 Å². The van der Waals surface area contributed by atoms with E-state index in [1.807, 2.05) is 23.1 Å². The van der Waals surface area contributed by atoms with E-state index in [-0.39, 0.29) is 16.3 Å². The van der Waals surface area contributed by atoms with Crippen LogP contribution in [0.4, 0.5) is 4.39 Å². The molecule has 1 aromatic heterocycles. The Balaban J connectivity index is 1.39. The first-order valence-electron chi connectivity index (χ1n) is 9.05. The molecular weight excluding hydrogens is 367 g/mol. The summed E-state index contributed by atoms with van der Waals surface area (Å²) in [6.45, 7) is 1.98. The van der Waals surface area contributed by atoms with Crippen LogP contribution in [-0.4, -0.2) is 35.5 Å². The van der Waals surface area contributed by atoms with Gasteiger partial charge in [0.15, 0.2) is 0 Å². The van der Waals surface area contributed by atoms with Crippen molar-refractivity contribution in [1.82, 2.24) is 9.88 Å². The summed E-state index contributed by atoms with van der Waals surface area (Å²) in [7, 11) is 0. The van der Waals surface area contributed by atoms with E-state index in [1.165, 1.54) is 17.7 Å². The lowest BCUT2D eigenvalue weighted by Gasteiger charge is -2.38. The van der Waals surface area contributed by atoms with Gasteiger partial charge in [-0.1, -0.05) is 29.8 Å². The molecule has 0 unspecified atom stereocenters. The fraction of sp³-hybridized carbons (Fsp3) is 0.286. The third-order valence-electron chi connectivity index (χ3n) is 5.92. The summed E-state index contributed by atoms with van der Waals surface area (Å²) >= 11 is 5.83. The predicted molar refractivity (Wildman–Crippen MR) is 102 cm³/mol. The van der Waals surface area contributed by atoms with Crippen LogP contribution in [0, 0.1) is 5.82 Å². The van der Waals surface area contributed by atoms with E-state index in [4.69, 9.17) is 16.3 Å². The van der Waals surface area contributed by atoms with Crippen LogP contribution in [0.25, 0.3) is 10.9 Å². The van der Waals surface area contributed by atoms with Crippen molar-refractivity contribution in [3.8, 4) is 5.75 Å². The fourth-order valence-electron chi connectivity index (χ4n) is 4.34. The Bertz CT molecular complexity index is 1050. The summed E-state index contributed by atoms with van der Waals surface area (Å²) in [6.07, 6.45) is 3.36. The summed E-state index contributed by atoms with van der Waals surface area (Å²) in [6, 6.07) is 11.0. The number of fused-ring (bicyclic) bond motifs is 3. The largest absolute Gasteiger partial charge is 0.492 e. The van der Waals surface area contributed by atoms with Crippen molar-refractivity contribution < 1.29 is 13.9 Å². The highest BCUT2D eigenvalue weighted by Gasteiger charge is 2.43. The maximum atomic E-state index is 13.9. The number of aromatic nitrogens is 1. The first-order valence-corrected chi connectivity index (χ1v) is 9.43. The number of para-hydroxylation sites is 1. The molecule has 2 aromatic carbocycles. The van der Waals surface area contributed by atoms with Gasteiger partial charge >= 0.3 is 0 Å². The number of ether oxygens (including phenoxy) is 1. The monoisotopic (exact) mass is 384 g/mol. The number of benzene rings is 2. The zero-order valence-corrected chi connectivity index (χ0v) is 15.4. The third-order valence-corrected chi connectivity index (χ3v) is 6.21. The molecule has 1 saturated heterocycles. The van der Waals surface area contributed by atoms with Gasteiger partial charge in [0.25, 0.3) is 5.91 Å². The first kappa shape index (κ1) is 16.6. The molecular formula is C21H18ClFN2O2. The Morgan fingerprint density at radius 2 is 2.00 bits per heavy atom. The van der Waals surface area contributed by atoms with Crippen molar-refractivity contribution in [2.75, 3.05) is 19.7 Å². The van der Waals surface area contributed by atoms with Gasteiger partial charge in [0.2, 0.25) is 0 Å². The van der Waals surface area contributed by atoms with Crippen molar-refractivity contribution in [3.63, 3.8) is 0 Å². The predicted octanol–water partition coefficient (Wildman–Crippen LogP) is 4.53. The molecule has 27 heavy (non-hydrogen) atoms. The molecule has 1 amide bonds. The van der Waals surface area contributed by atoms with E-state index in [0.717, 1.165) is 18.6 Å². The summed E-state index contributed by atoms with van der Waals surface area (Å²) in [4.78, 5) is 17.9. The number of likely N-dealkylation sites (tertiary alicyclic amines) is 1. The average Bonchev–Trinajstić information content (AvgIpc) is 3.25.